The van der Waals surface area contributed by atoms with Crippen molar-refractivity contribution >= 4 is 5.91 Å². The van der Waals surface area contributed by atoms with Crippen LogP contribution in [0, 0.1) is 0 Å². The minimum atomic E-state index is 0.0559. The van der Waals surface area contributed by atoms with Gasteiger partial charge >= 0.3 is 0 Å². The van der Waals surface area contributed by atoms with Crippen LogP contribution in [0.15, 0.2) is 18.2 Å². The van der Waals surface area contributed by atoms with Crippen LogP contribution in [0.25, 0.3) is 0 Å². The average Bonchev–Trinajstić information content (AvgIpc) is 2.59. The van der Waals surface area contributed by atoms with E-state index in [1.54, 1.807) is 37.3 Å². The van der Waals surface area contributed by atoms with E-state index in [-0.39, 0.29) is 5.91 Å². The van der Waals surface area contributed by atoms with Crippen molar-refractivity contribution in [1.29, 1.82) is 0 Å². The fraction of sp³-hybridized carbons (Fsp3) is 0.588. The summed E-state index contributed by atoms with van der Waals surface area (Å²) in [6.45, 7) is 8.14. The van der Waals surface area contributed by atoms with E-state index in [9.17, 15) is 4.79 Å². The van der Waals surface area contributed by atoms with Crippen LogP contribution in [-0.2, 0) is 0 Å². The van der Waals surface area contributed by atoms with E-state index in [4.69, 9.17) is 9.47 Å². The number of carbonyl (C=O) groups is 1. The smallest absolute Gasteiger partial charge is 0.254 e. The van der Waals surface area contributed by atoms with Gasteiger partial charge in [-0.2, -0.15) is 0 Å². The van der Waals surface area contributed by atoms with Crippen molar-refractivity contribution in [3.05, 3.63) is 23.8 Å². The number of nitrogens with one attached hydrogen (secondary N) is 1. The molecule has 0 aromatic heterocycles. The maximum absolute atomic E-state index is 12.7. The largest absolute Gasteiger partial charge is 0.497 e. The van der Waals surface area contributed by atoms with Gasteiger partial charge in [0.15, 0.2) is 0 Å². The Morgan fingerprint density at radius 1 is 1.18 bits per heavy atom. The van der Waals surface area contributed by atoms with Crippen LogP contribution in [0.1, 0.15) is 30.6 Å². The molecule has 1 atom stereocenters. The number of methoxy groups -OCH3 is 2. The fourth-order valence-corrected chi connectivity index (χ4v) is 2.89. The molecule has 1 aromatic rings. The first-order valence-corrected chi connectivity index (χ1v) is 7.96. The number of nitrogens with zero attached hydrogens (tertiary/aromatic N) is 1. The molecule has 2 rings (SSSR count). The van der Waals surface area contributed by atoms with E-state index in [1.165, 1.54) is 6.42 Å². The van der Waals surface area contributed by atoms with Gasteiger partial charge in [-0.3, -0.25) is 4.79 Å². The molecule has 5 nitrogen and oxygen atoms in total. The lowest BCUT2D eigenvalue weighted by Crippen LogP contribution is -3.17. The molecule has 1 unspecified atom stereocenters. The zero-order valence-corrected chi connectivity index (χ0v) is 14.0. The van der Waals surface area contributed by atoms with Gasteiger partial charge in [0, 0.05) is 11.6 Å². The third-order valence-corrected chi connectivity index (χ3v) is 4.60. The number of amides is 1. The zero-order chi connectivity index (χ0) is 16.1. The summed E-state index contributed by atoms with van der Waals surface area (Å²) >= 11 is 0. The molecule has 1 N–H and O–H groups in total. The lowest BCUT2D eigenvalue weighted by atomic mass is 10.1. The van der Waals surface area contributed by atoms with Crippen molar-refractivity contribution in [3.8, 4) is 11.5 Å². The molecule has 122 valence electrons. The number of carbonyl (C=O) groups excluding carboxylic acids is 1. The highest BCUT2D eigenvalue weighted by Crippen LogP contribution is 2.23. The summed E-state index contributed by atoms with van der Waals surface area (Å²) in [5.41, 5.74) is 0.628. The van der Waals surface area contributed by atoms with Crippen LogP contribution in [0.5, 0.6) is 11.5 Å². The number of benzene rings is 1. The van der Waals surface area contributed by atoms with E-state index in [1.807, 2.05) is 4.90 Å². The highest BCUT2D eigenvalue weighted by molar-refractivity contribution is 5.95. The Morgan fingerprint density at radius 2 is 1.73 bits per heavy atom. The Hall–Kier alpha value is -1.75. The van der Waals surface area contributed by atoms with Crippen LogP contribution >= 0.6 is 0 Å². The van der Waals surface area contributed by atoms with Gasteiger partial charge in [-0.15, -0.1) is 0 Å². The molecule has 0 saturated carbocycles. The first-order valence-electron chi connectivity index (χ1n) is 7.96. The van der Waals surface area contributed by atoms with E-state index < -0.39 is 0 Å². The Bertz CT molecular complexity index is 488. The van der Waals surface area contributed by atoms with Crippen molar-refractivity contribution in [1.82, 2.24) is 4.90 Å². The second kappa shape index (κ2) is 7.49. The van der Waals surface area contributed by atoms with Crippen molar-refractivity contribution < 1.29 is 19.2 Å². The molecule has 0 bridgehead atoms. The number of hydrogen-bond acceptors (Lipinski definition) is 3. The summed E-state index contributed by atoms with van der Waals surface area (Å²) < 4.78 is 10.5. The molecule has 0 aliphatic carbocycles. The van der Waals surface area contributed by atoms with Gasteiger partial charge in [0.05, 0.1) is 46.4 Å². The van der Waals surface area contributed by atoms with Crippen molar-refractivity contribution in [2.45, 2.75) is 26.3 Å². The summed E-state index contributed by atoms with van der Waals surface area (Å²) in [5, 5.41) is 0. The van der Waals surface area contributed by atoms with Crippen molar-refractivity contribution in [2.75, 3.05) is 40.4 Å². The standard InChI is InChI=1S/C17H26N2O3/c1-5-13(2)18-6-8-19(9-7-18)17(20)14-10-15(21-3)12-16(11-14)22-4/h10-13H,5-9H2,1-4H3/p+1. The van der Waals surface area contributed by atoms with Gasteiger partial charge in [-0.05, 0) is 25.5 Å². The molecule has 22 heavy (non-hydrogen) atoms. The molecule has 5 heteroatoms. The summed E-state index contributed by atoms with van der Waals surface area (Å²) in [5.74, 6) is 1.35. The Balaban J connectivity index is 2.06. The number of hydrogen-bond donors (Lipinski definition) is 1. The lowest BCUT2D eigenvalue weighted by Gasteiger charge is -2.35. The van der Waals surface area contributed by atoms with Crippen LogP contribution in [0.3, 0.4) is 0 Å². The summed E-state index contributed by atoms with van der Waals surface area (Å²) in [7, 11) is 3.19. The second-order valence-electron chi connectivity index (χ2n) is 5.86. The molecular weight excluding hydrogens is 280 g/mol. The summed E-state index contributed by atoms with van der Waals surface area (Å²) in [4.78, 5) is 16.2. The van der Waals surface area contributed by atoms with Crippen molar-refractivity contribution in [2.24, 2.45) is 0 Å². The van der Waals surface area contributed by atoms with Gasteiger partial charge in [0.25, 0.3) is 5.91 Å². The van der Waals surface area contributed by atoms with E-state index in [0.717, 1.165) is 26.2 Å². The van der Waals surface area contributed by atoms with Crippen LogP contribution in [0.4, 0.5) is 0 Å². The number of rotatable bonds is 5. The SMILES string of the molecule is CCC(C)[NH+]1CCN(C(=O)c2cc(OC)cc(OC)c2)CC1. The highest BCUT2D eigenvalue weighted by atomic mass is 16.5. The molecule has 1 aliphatic rings. The quantitative estimate of drug-likeness (QED) is 0.877. The molecule has 1 heterocycles. The Morgan fingerprint density at radius 3 is 2.18 bits per heavy atom. The van der Waals surface area contributed by atoms with E-state index >= 15 is 0 Å². The van der Waals surface area contributed by atoms with Crippen molar-refractivity contribution in [3.63, 3.8) is 0 Å². The van der Waals surface area contributed by atoms with Gasteiger partial charge in [-0.25, -0.2) is 0 Å². The Labute approximate surface area is 132 Å². The normalized spacial score (nSPS) is 17.2. The third kappa shape index (κ3) is 3.71. The zero-order valence-electron chi connectivity index (χ0n) is 14.0. The minimum Gasteiger partial charge on any atom is -0.497 e. The van der Waals surface area contributed by atoms with Crippen LogP contribution < -0.4 is 14.4 Å². The molecular formula is C17H27N2O3+. The monoisotopic (exact) mass is 307 g/mol. The van der Waals surface area contributed by atoms with Gasteiger partial charge < -0.3 is 19.3 Å². The van der Waals surface area contributed by atoms with Gasteiger partial charge in [-0.1, -0.05) is 6.92 Å². The summed E-state index contributed by atoms with van der Waals surface area (Å²) in [6.07, 6.45) is 1.18. The fourth-order valence-electron chi connectivity index (χ4n) is 2.89. The first kappa shape index (κ1) is 16.6. The topological polar surface area (TPSA) is 43.2 Å². The molecule has 1 fully saturated rings. The predicted molar refractivity (Wildman–Crippen MR) is 85.9 cm³/mol. The molecule has 1 aliphatic heterocycles. The number of quaternary nitrogens is 1. The predicted octanol–water partition coefficient (Wildman–Crippen LogP) is 0.843. The lowest BCUT2D eigenvalue weighted by molar-refractivity contribution is -0.927. The van der Waals surface area contributed by atoms with Crippen LogP contribution in [0.2, 0.25) is 0 Å². The first-order chi connectivity index (χ1) is 10.6. The second-order valence-corrected chi connectivity index (χ2v) is 5.86. The van der Waals surface area contributed by atoms with E-state index in [2.05, 4.69) is 13.8 Å². The molecule has 0 radical (unpaired) electrons. The van der Waals surface area contributed by atoms with Gasteiger partial charge in [0.1, 0.15) is 11.5 Å². The highest BCUT2D eigenvalue weighted by Gasteiger charge is 2.27. The molecule has 1 amide bonds. The molecule has 1 aromatic carbocycles. The maximum Gasteiger partial charge on any atom is 0.254 e. The minimum absolute atomic E-state index is 0.0559. The Kier molecular flexibility index (Phi) is 5.66. The molecule has 1 saturated heterocycles. The van der Waals surface area contributed by atoms with Crippen LogP contribution in [-0.4, -0.2) is 57.2 Å². The number of piperazine rings is 1. The van der Waals surface area contributed by atoms with Gasteiger partial charge in [0.2, 0.25) is 0 Å². The van der Waals surface area contributed by atoms with E-state index in [0.29, 0.717) is 23.1 Å². The maximum atomic E-state index is 12.7. The average molecular weight is 307 g/mol. The number of ether oxygens (including phenoxy) is 2. The molecule has 0 spiro atoms. The summed E-state index contributed by atoms with van der Waals surface area (Å²) in [6, 6.07) is 5.99. The third-order valence-electron chi connectivity index (χ3n) is 4.60.